The summed E-state index contributed by atoms with van der Waals surface area (Å²) in [5.41, 5.74) is 2.43. The maximum atomic E-state index is 13.9. The third-order valence-corrected chi connectivity index (χ3v) is 6.72. The summed E-state index contributed by atoms with van der Waals surface area (Å²) in [5.74, 6) is -0.798. The van der Waals surface area contributed by atoms with E-state index in [0.717, 1.165) is 21.0 Å². The molecule has 0 aliphatic heterocycles. The summed E-state index contributed by atoms with van der Waals surface area (Å²) in [4.78, 5) is 17.7. The Labute approximate surface area is 179 Å². The van der Waals surface area contributed by atoms with Crippen LogP contribution in [0.5, 0.6) is 0 Å². The van der Waals surface area contributed by atoms with E-state index < -0.39 is 15.9 Å². The molecule has 0 aliphatic rings. The lowest BCUT2D eigenvalue weighted by Crippen LogP contribution is -2.37. The Balaban J connectivity index is 1.76. The molecule has 0 radical (unpaired) electrons. The number of halogens is 1. The first-order valence-corrected chi connectivity index (χ1v) is 11.8. The molecule has 1 amide bonds. The summed E-state index contributed by atoms with van der Waals surface area (Å²) in [6, 6.07) is 13.5. The molecule has 1 aromatic heterocycles. The maximum Gasteiger partial charge on any atom is 0.246 e. The second-order valence-electron chi connectivity index (χ2n) is 6.90. The molecule has 1 N–H and O–H groups in total. The molecule has 9 heteroatoms. The van der Waals surface area contributed by atoms with Crippen LogP contribution in [-0.2, 0) is 21.2 Å². The van der Waals surface area contributed by atoms with Gasteiger partial charge in [-0.15, -0.1) is 11.3 Å². The van der Waals surface area contributed by atoms with Crippen molar-refractivity contribution < 1.29 is 17.6 Å². The molecular weight excluding hydrogens is 425 g/mol. The van der Waals surface area contributed by atoms with Crippen molar-refractivity contribution in [3.05, 3.63) is 76.0 Å². The van der Waals surface area contributed by atoms with E-state index >= 15 is 0 Å². The van der Waals surface area contributed by atoms with Gasteiger partial charge < -0.3 is 5.32 Å². The molecule has 3 aromatic rings. The minimum atomic E-state index is -3.66. The highest BCUT2D eigenvalue weighted by Crippen LogP contribution is 2.27. The molecule has 3 rings (SSSR count). The van der Waals surface area contributed by atoms with Crippen LogP contribution in [-0.4, -0.2) is 32.1 Å². The van der Waals surface area contributed by atoms with Crippen molar-refractivity contribution in [1.82, 2.24) is 4.98 Å². The monoisotopic (exact) mass is 447 g/mol. The van der Waals surface area contributed by atoms with E-state index in [-0.39, 0.29) is 12.4 Å². The smallest absolute Gasteiger partial charge is 0.246 e. The van der Waals surface area contributed by atoms with Crippen LogP contribution < -0.4 is 9.62 Å². The van der Waals surface area contributed by atoms with E-state index in [1.807, 2.05) is 0 Å². The average molecular weight is 448 g/mol. The Hall–Kier alpha value is -2.78. The van der Waals surface area contributed by atoms with Crippen molar-refractivity contribution in [2.45, 2.75) is 20.3 Å². The molecule has 1 heterocycles. The second kappa shape index (κ2) is 8.93. The number of anilines is 2. The fourth-order valence-electron chi connectivity index (χ4n) is 2.97. The van der Waals surface area contributed by atoms with E-state index in [4.69, 9.17) is 0 Å². The van der Waals surface area contributed by atoms with Gasteiger partial charge in [0.2, 0.25) is 15.9 Å². The lowest BCUT2D eigenvalue weighted by atomic mass is 10.1. The summed E-state index contributed by atoms with van der Waals surface area (Å²) < 4.78 is 39.5. The quantitative estimate of drug-likeness (QED) is 0.596. The molecule has 0 saturated carbocycles. The lowest BCUT2D eigenvalue weighted by Gasteiger charge is -2.23. The van der Waals surface area contributed by atoms with Crippen LogP contribution in [0, 0.1) is 19.7 Å². The Morgan fingerprint density at radius 3 is 2.47 bits per heavy atom. The molecular formula is C21H22FN3O3S2. The van der Waals surface area contributed by atoms with Gasteiger partial charge in [0.1, 0.15) is 12.4 Å². The van der Waals surface area contributed by atoms with Gasteiger partial charge >= 0.3 is 0 Å². The van der Waals surface area contributed by atoms with Crippen LogP contribution in [0.25, 0.3) is 0 Å². The van der Waals surface area contributed by atoms with Crippen LogP contribution in [0.1, 0.15) is 21.7 Å². The molecule has 0 spiro atoms. The van der Waals surface area contributed by atoms with Gasteiger partial charge in [0.15, 0.2) is 5.13 Å². The number of para-hydroxylation sites is 1. The van der Waals surface area contributed by atoms with Gasteiger partial charge in [0, 0.05) is 11.3 Å². The molecule has 0 aliphatic carbocycles. The summed E-state index contributed by atoms with van der Waals surface area (Å²) in [5, 5.41) is 3.01. The normalized spacial score (nSPS) is 11.3. The van der Waals surface area contributed by atoms with Crippen molar-refractivity contribution in [1.29, 1.82) is 0 Å². The van der Waals surface area contributed by atoms with Crippen LogP contribution in [0.3, 0.4) is 0 Å². The number of nitrogens with zero attached hydrogens (tertiary/aromatic N) is 2. The van der Waals surface area contributed by atoms with Crippen LogP contribution >= 0.6 is 11.3 Å². The lowest BCUT2D eigenvalue weighted by molar-refractivity contribution is -0.114. The number of amides is 1. The molecule has 2 aromatic carbocycles. The highest BCUT2D eigenvalue weighted by molar-refractivity contribution is 7.92. The predicted octanol–water partition coefficient (Wildman–Crippen LogP) is 3.89. The Morgan fingerprint density at radius 2 is 1.80 bits per heavy atom. The van der Waals surface area contributed by atoms with Gasteiger partial charge in [-0.3, -0.25) is 9.10 Å². The van der Waals surface area contributed by atoms with Gasteiger partial charge in [0.25, 0.3) is 0 Å². The van der Waals surface area contributed by atoms with Crippen molar-refractivity contribution in [3.8, 4) is 0 Å². The average Bonchev–Trinajstić information content (AvgIpc) is 3.00. The predicted molar refractivity (Wildman–Crippen MR) is 118 cm³/mol. The van der Waals surface area contributed by atoms with Crippen molar-refractivity contribution in [3.63, 3.8) is 0 Å². The first-order valence-electron chi connectivity index (χ1n) is 9.18. The maximum absolute atomic E-state index is 13.9. The number of carbonyl (C=O) groups excluding carboxylic acids is 1. The highest BCUT2D eigenvalue weighted by atomic mass is 32.2. The van der Waals surface area contributed by atoms with Crippen LogP contribution in [0.4, 0.5) is 15.2 Å². The number of aromatic nitrogens is 1. The van der Waals surface area contributed by atoms with E-state index in [9.17, 15) is 17.6 Å². The third-order valence-electron chi connectivity index (χ3n) is 4.52. The molecule has 0 fully saturated rings. The van der Waals surface area contributed by atoms with Gasteiger partial charge in [-0.25, -0.2) is 17.8 Å². The van der Waals surface area contributed by atoms with E-state index in [2.05, 4.69) is 10.3 Å². The first kappa shape index (κ1) is 21.9. The summed E-state index contributed by atoms with van der Waals surface area (Å²) in [7, 11) is -3.66. The Morgan fingerprint density at radius 1 is 1.13 bits per heavy atom. The number of rotatable bonds is 7. The first-order chi connectivity index (χ1) is 14.1. The van der Waals surface area contributed by atoms with Crippen molar-refractivity contribution >= 4 is 38.1 Å². The van der Waals surface area contributed by atoms with Crippen LogP contribution in [0.15, 0.2) is 48.5 Å². The summed E-state index contributed by atoms with van der Waals surface area (Å²) in [6.07, 6.45) is 1.43. The molecule has 0 atom stereocenters. The zero-order chi connectivity index (χ0) is 21.9. The standard InChI is InChI=1S/C21H22FN3O3S2/c1-14-8-4-7-11-18(14)25(30(3,27)28)13-20(26)24-21-23-15(2)19(29-21)12-16-9-5-6-10-17(16)22/h4-11H,12-13H2,1-3H3,(H,23,24,26). The number of thiazole rings is 1. The van der Waals surface area contributed by atoms with Gasteiger partial charge in [0.05, 0.1) is 17.6 Å². The second-order valence-corrected chi connectivity index (χ2v) is 9.89. The SMILES string of the molecule is Cc1ccccc1N(CC(=O)Nc1nc(C)c(Cc2ccccc2F)s1)S(C)(=O)=O. The fraction of sp³-hybridized carbons (Fsp3) is 0.238. The minimum absolute atomic E-state index is 0.294. The number of benzene rings is 2. The number of nitrogens with one attached hydrogen (secondary N) is 1. The highest BCUT2D eigenvalue weighted by Gasteiger charge is 2.23. The van der Waals surface area contributed by atoms with Gasteiger partial charge in [-0.1, -0.05) is 36.4 Å². The molecule has 6 nitrogen and oxygen atoms in total. The minimum Gasteiger partial charge on any atom is -0.300 e. The van der Waals surface area contributed by atoms with Crippen molar-refractivity contribution in [2.75, 3.05) is 22.4 Å². The number of sulfonamides is 1. The largest absolute Gasteiger partial charge is 0.300 e. The Bertz CT molecular complexity index is 1180. The third kappa shape index (κ3) is 5.22. The number of hydrogen-bond donors (Lipinski definition) is 1. The van der Waals surface area contributed by atoms with E-state index in [0.29, 0.717) is 28.5 Å². The number of aryl methyl sites for hydroxylation is 2. The molecule has 158 valence electrons. The van der Waals surface area contributed by atoms with Crippen LogP contribution in [0.2, 0.25) is 0 Å². The zero-order valence-corrected chi connectivity index (χ0v) is 18.5. The zero-order valence-electron chi connectivity index (χ0n) is 16.8. The van der Waals surface area contributed by atoms with Gasteiger partial charge in [-0.2, -0.15) is 0 Å². The van der Waals surface area contributed by atoms with Gasteiger partial charge in [-0.05, 0) is 37.1 Å². The molecule has 0 unspecified atom stereocenters. The Kier molecular flexibility index (Phi) is 6.52. The number of carbonyl (C=O) groups is 1. The summed E-state index contributed by atoms with van der Waals surface area (Å²) >= 11 is 1.25. The topological polar surface area (TPSA) is 79.4 Å². The fourth-order valence-corrected chi connectivity index (χ4v) is 4.89. The van der Waals surface area contributed by atoms with E-state index in [1.165, 1.54) is 17.4 Å². The molecule has 0 saturated heterocycles. The van der Waals surface area contributed by atoms with Crippen molar-refractivity contribution in [2.24, 2.45) is 0 Å². The van der Waals surface area contributed by atoms with E-state index in [1.54, 1.807) is 56.3 Å². The number of hydrogen-bond acceptors (Lipinski definition) is 5. The summed E-state index contributed by atoms with van der Waals surface area (Å²) in [6.45, 7) is 3.20. The molecule has 30 heavy (non-hydrogen) atoms. The molecule has 0 bridgehead atoms.